The third kappa shape index (κ3) is 3.27. The lowest BCUT2D eigenvalue weighted by atomic mass is 10.1. The first-order valence-corrected chi connectivity index (χ1v) is 6.87. The van der Waals surface area contributed by atoms with Crippen LogP contribution in [0, 0.1) is 12.7 Å². The van der Waals surface area contributed by atoms with E-state index in [0.29, 0.717) is 16.2 Å². The zero-order valence-electron chi connectivity index (χ0n) is 10.8. The quantitative estimate of drug-likeness (QED) is 0.670. The molecule has 0 aliphatic rings. The van der Waals surface area contributed by atoms with Gasteiger partial charge in [0.25, 0.3) is 5.56 Å². The Hall–Kier alpha value is -2.08. The van der Waals surface area contributed by atoms with Gasteiger partial charge in [0.2, 0.25) is 0 Å². The molecule has 3 N–H and O–H groups in total. The van der Waals surface area contributed by atoms with Crippen LogP contribution in [0.25, 0.3) is 0 Å². The van der Waals surface area contributed by atoms with Crippen LogP contribution in [0.4, 0.5) is 10.1 Å². The van der Waals surface area contributed by atoms with Gasteiger partial charge >= 0.3 is 0 Å². The molecule has 1 aromatic heterocycles. The molecule has 0 radical (unpaired) electrons. The average molecular weight is 292 g/mol. The van der Waals surface area contributed by atoms with Gasteiger partial charge in [-0.15, -0.1) is 11.8 Å². The molecular weight excluding hydrogens is 279 g/mol. The molecule has 0 saturated carbocycles. The Bertz CT molecular complexity index is 713. The number of halogens is 1. The third-order valence-electron chi connectivity index (χ3n) is 2.73. The maximum Gasteiger partial charge on any atom is 0.271 e. The fourth-order valence-electron chi connectivity index (χ4n) is 1.71. The molecule has 20 heavy (non-hydrogen) atoms. The summed E-state index contributed by atoms with van der Waals surface area (Å²) in [5, 5.41) is 0. The Morgan fingerprint density at radius 1 is 1.40 bits per heavy atom. The van der Waals surface area contributed by atoms with Gasteiger partial charge in [0, 0.05) is 16.2 Å². The van der Waals surface area contributed by atoms with Gasteiger partial charge < -0.3 is 10.7 Å². The highest BCUT2D eigenvalue weighted by Gasteiger charge is 2.12. The SMILES string of the molecule is Cc1[nH]c(=O)c(N)cc1C(=O)CSc1cccc(F)c1. The largest absolute Gasteiger partial charge is 0.394 e. The molecule has 0 fully saturated rings. The molecule has 2 aromatic rings. The van der Waals surface area contributed by atoms with Crippen molar-refractivity contribution in [3.05, 3.63) is 57.8 Å². The van der Waals surface area contributed by atoms with E-state index in [1.54, 1.807) is 19.1 Å². The Morgan fingerprint density at radius 3 is 2.85 bits per heavy atom. The Morgan fingerprint density at radius 2 is 2.15 bits per heavy atom. The van der Waals surface area contributed by atoms with Crippen molar-refractivity contribution in [2.24, 2.45) is 0 Å². The predicted molar refractivity (Wildman–Crippen MR) is 77.7 cm³/mol. The van der Waals surface area contributed by atoms with Gasteiger partial charge in [-0.1, -0.05) is 6.07 Å². The maximum atomic E-state index is 13.0. The van der Waals surface area contributed by atoms with E-state index in [2.05, 4.69) is 4.98 Å². The van der Waals surface area contributed by atoms with E-state index in [4.69, 9.17) is 5.73 Å². The summed E-state index contributed by atoms with van der Waals surface area (Å²) in [5.41, 5.74) is 5.97. The highest BCUT2D eigenvalue weighted by atomic mass is 32.2. The van der Waals surface area contributed by atoms with Crippen molar-refractivity contribution in [2.45, 2.75) is 11.8 Å². The van der Waals surface area contributed by atoms with Crippen molar-refractivity contribution >= 4 is 23.2 Å². The van der Waals surface area contributed by atoms with Crippen molar-refractivity contribution in [1.82, 2.24) is 4.98 Å². The van der Waals surface area contributed by atoms with Crippen LogP contribution >= 0.6 is 11.8 Å². The van der Waals surface area contributed by atoms with Gasteiger partial charge in [0.05, 0.1) is 11.4 Å². The van der Waals surface area contributed by atoms with Gasteiger partial charge in [0.15, 0.2) is 5.78 Å². The molecule has 1 heterocycles. The molecule has 0 atom stereocenters. The van der Waals surface area contributed by atoms with Crippen LogP contribution in [0.15, 0.2) is 40.0 Å². The first-order chi connectivity index (χ1) is 9.47. The summed E-state index contributed by atoms with van der Waals surface area (Å²) in [6.45, 7) is 1.64. The van der Waals surface area contributed by atoms with E-state index in [9.17, 15) is 14.0 Å². The lowest BCUT2D eigenvalue weighted by Crippen LogP contribution is -2.17. The second kappa shape index (κ2) is 5.92. The number of pyridine rings is 1. The zero-order valence-corrected chi connectivity index (χ0v) is 11.6. The number of carbonyl (C=O) groups excluding carboxylic acids is 1. The van der Waals surface area contributed by atoms with E-state index < -0.39 is 5.56 Å². The van der Waals surface area contributed by atoms with Crippen LogP contribution in [-0.4, -0.2) is 16.5 Å². The fraction of sp³-hybridized carbons (Fsp3) is 0.143. The molecule has 104 valence electrons. The second-order valence-electron chi connectivity index (χ2n) is 4.26. The maximum absolute atomic E-state index is 13.0. The number of thioether (sulfide) groups is 1. The predicted octanol–water partition coefficient (Wildman–Crippen LogP) is 2.38. The van der Waals surface area contributed by atoms with Crippen LogP contribution in [-0.2, 0) is 0 Å². The lowest BCUT2D eigenvalue weighted by molar-refractivity contribution is 0.102. The molecule has 0 aliphatic heterocycles. The number of anilines is 1. The third-order valence-corrected chi connectivity index (χ3v) is 3.73. The summed E-state index contributed by atoms with van der Waals surface area (Å²) in [6.07, 6.45) is 0. The van der Waals surface area contributed by atoms with Gasteiger partial charge in [0.1, 0.15) is 5.82 Å². The van der Waals surface area contributed by atoms with Crippen LogP contribution in [0.5, 0.6) is 0 Å². The monoisotopic (exact) mass is 292 g/mol. The molecule has 0 amide bonds. The lowest BCUT2D eigenvalue weighted by Gasteiger charge is -2.06. The normalized spacial score (nSPS) is 10.5. The smallest absolute Gasteiger partial charge is 0.271 e. The Balaban J connectivity index is 2.13. The van der Waals surface area contributed by atoms with Crippen molar-refractivity contribution in [3.8, 4) is 0 Å². The van der Waals surface area contributed by atoms with Gasteiger partial charge in [-0.3, -0.25) is 9.59 Å². The minimum atomic E-state index is -0.406. The summed E-state index contributed by atoms with van der Waals surface area (Å²) >= 11 is 1.23. The van der Waals surface area contributed by atoms with Crippen molar-refractivity contribution in [2.75, 3.05) is 11.5 Å². The first-order valence-electron chi connectivity index (χ1n) is 5.88. The summed E-state index contributed by atoms with van der Waals surface area (Å²) in [6, 6.07) is 7.41. The number of nitrogens with two attached hydrogens (primary N) is 1. The van der Waals surface area contributed by atoms with E-state index in [-0.39, 0.29) is 23.0 Å². The molecule has 0 bridgehead atoms. The summed E-state index contributed by atoms with van der Waals surface area (Å²) in [5.74, 6) is -0.359. The highest BCUT2D eigenvalue weighted by molar-refractivity contribution is 8.00. The minimum Gasteiger partial charge on any atom is -0.394 e. The van der Waals surface area contributed by atoms with Crippen molar-refractivity contribution < 1.29 is 9.18 Å². The molecular formula is C14H13FN2O2S. The number of hydrogen-bond acceptors (Lipinski definition) is 4. The van der Waals surface area contributed by atoms with E-state index in [0.717, 1.165) is 0 Å². The number of carbonyl (C=O) groups is 1. The molecule has 1 aromatic carbocycles. The summed E-state index contributed by atoms with van der Waals surface area (Å²) in [7, 11) is 0. The van der Waals surface area contributed by atoms with Gasteiger partial charge in [-0.05, 0) is 31.2 Å². The van der Waals surface area contributed by atoms with Crippen LogP contribution < -0.4 is 11.3 Å². The number of nitrogen functional groups attached to an aromatic ring is 1. The number of Topliss-reactive ketones (excluding diaryl/α,β-unsaturated/α-hetero) is 1. The second-order valence-corrected chi connectivity index (χ2v) is 5.31. The topological polar surface area (TPSA) is 75.9 Å². The fourth-order valence-corrected chi connectivity index (χ4v) is 2.54. The van der Waals surface area contributed by atoms with E-state index in [1.807, 2.05) is 0 Å². The molecule has 6 heteroatoms. The van der Waals surface area contributed by atoms with Gasteiger partial charge in [-0.25, -0.2) is 4.39 Å². The first kappa shape index (κ1) is 14.3. The van der Waals surface area contributed by atoms with Crippen molar-refractivity contribution in [1.29, 1.82) is 0 Å². The molecule has 0 saturated heterocycles. The summed E-state index contributed by atoms with van der Waals surface area (Å²) in [4.78, 5) is 26.6. The number of aryl methyl sites for hydroxylation is 1. The highest BCUT2D eigenvalue weighted by Crippen LogP contribution is 2.20. The minimum absolute atomic E-state index is 0.00899. The molecule has 0 aliphatic carbocycles. The number of ketones is 1. The average Bonchev–Trinajstić information content (AvgIpc) is 2.40. The van der Waals surface area contributed by atoms with E-state index >= 15 is 0 Å². The number of rotatable bonds is 4. The molecule has 2 rings (SSSR count). The van der Waals surface area contributed by atoms with E-state index in [1.165, 1.54) is 30.0 Å². The molecule has 4 nitrogen and oxygen atoms in total. The Labute approximate surface area is 119 Å². The Kier molecular flexibility index (Phi) is 4.24. The molecule has 0 spiro atoms. The number of benzene rings is 1. The number of aromatic amines is 1. The number of hydrogen-bond donors (Lipinski definition) is 2. The summed E-state index contributed by atoms with van der Waals surface area (Å²) < 4.78 is 13.0. The standard InChI is InChI=1S/C14H13FN2O2S/c1-8-11(6-12(16)14(19)17-8)13(18)7-20-10-4-2-3-9(15)5-10/h2-6H,7,16H2,1H3,(H,17,19). The molecule has 0 unspecified atom stereocenters. The van der Waals surface area contributed by atoms with Crippen molar-refractivity contribution in [3.63, 3.8) is 0 Å². The van der Waals surface area contributed by atoms with Crippen LogP contribution in [0.1, 0.15) is 16.1 Å². The van der Waals surface area contributed by atoms with Gasteiger partial charge in [-0.2, -0.15) is 0 Å². The number of nitrogens with one attached hydrogen (secondary N) is 1. The van der Waals surface area contributed by atoms with Crippen LogP contribution in [0.2, 0.25) is 0 Å². The number of H-pyrrole nitrogens is 1. The van der Waals surface area contributed by atoms with Crippen LogP contribution in [0.3, 0.4) is 0 Å². The number of aromatic nitrogens is 1. The zero-order chi connectivity index (χ0) is 14.7.